The van der Waals surface area contributed by atoms with Crippen LogP contribution in [0.15, 0.2) is 48.5 Å². The molecule has 4 rings (SSSR count). The molecule has 190 valence electrons. The fourth-order valence-electron chi connectivity index (χ4n) is 4.59. The zero-order valence-electron chi connectivity index (χ0n) is 21.6. The van der Waals surface area contributed by atoms with Crippen molar-refractivity contribution in [2.75, 3.05) is 6.61 Å². The average molecular weight is 535 g/mol. The van der Waals surface area contributed by atoms with Crippen molar-refractivity contribution in [3.8, 4) is 0 Å². The first-order valence-corrected chi connectivity index (χ1v) is 16.2. The van der Waals surface area contributed by atoms with Gasteiger partial charge in [0.2, 0.25) is 0 Å². The molecular weight excluding hydrogens is 497 g/mol. The van der Waals surface area contributed by atoms with Gasteiger partial charge >= 0.3 is 0 Å². The molecule has 0 N–H and O–H groups in total. The highest BCUT2D eigenvalue weighted by Crippen LogP contribution is 2.48. The summed E-state index contributed by atoms with van der Waals surface area (Å²) >= 11 is 12.6. The Morgan fingerprint density at radius 1 is 1.06 bits per heavy atom. The van der Waals surface area contributed by atoms with Crippen LogP contribution in [-0.4, -0.2) is 37.9 Å². The molecule has 1 aliphatic heterocycles. The average Bonchev–Trinajstić information content (AvgIpc) is 3.61. The third kappa shape index (κ3) is 5.80. The Morgan fingerprint density at radius 3 is 2.29 bits per heavy atom. The van der Waals surface area contributed by atoms with Crippen LogP contribution >= 0.6 is 23.2 Å². The molecule has 7 heteroatoms. The van der Waals surface area contributed by atoms with Crippen molar-refractivity contribution in [3.63, 3.8) is 0 Å². The van der Waals surface area contributed by atoms with Gasteiger partial charge in [-0.25, -0.2) is 0 Å². The van der Waals surface area contributed by atoms with Gasteiger partial charge in [-0.2, -0.15) is 0 Å². The molecule has 0 radical (unpaired) electrons. The zero-order valence-corrected chi connectivity index (χ0v) is 24.1. The van der Waals surface area contributed by atoms with Gasteiger partial charge in [-0.05, 0) is 79.2 Å². The van der Waals surface area contributed by atoms with Crippen LogP contribution in [0.2, 0.25) is 28.2 Å². The number of nitrogens with zero attached hydrogens (tertiary/aromatic N) is 1. The SMILES string of the molecule is C[C@@H]1O[C@H](c2cccc(Cl)c2)C(c2ccc(Cl)cc2)N(C(CO[Si](C)(C)C(C)(C)C)C2CC2)C1=O. The summed E-state index contributed by atoms with van der Waals surface area (Å²) in [6, 6.07) is 15.2. The van der Waals surface area contributed by atoms with Crippen molar-refractivity contribution >= 4 is 37.4 Å². The summed E-state index contributed by atoms with van der Waals surface area (Å²) < 4.78 is 13.1. The molecule has 2 unspecified atom stereocenters. The van der Waals surface area contributed by atoms with Crippen molar-refractivity contribution in [2.45, 2.75) is 83.0 Å². The molecule has 2 aliphatic rings. The second kappa shape index (κ2) is 10.2. The van der Waals surface area contributed by atoms with E-state index in [1.54, 1.807) is 0 Å². The molecule has 2 aromatic carbocycles. The number of halogens is 2. The molecule has 0 spiro atoms. The van der Waals surface area contributed by atoms with E-state index in [1.807, 2.05) is 55.5 Å². The predicted octanol–water partition coefficient (Wildman–Crippen LogP) is 7.82. The van der Waals surface area contributed by atoms with E-state index in [1.165, 1.54) is 0 Å². The van der Waals surface area contributed by atoms with Crippen LogP contribution in [0.4, 0.5) is 0 Å². The van der Waals surface area contributed by atoms with Gasteiger partial charge in [0.15, 0.2) is 8.32 Å². The largest absolute Gasteiger partial charge is 0.415 e. The molecule has 1 amide bonds. The molecule has 1 aliphatic carbocycles. The summed E-state index contributed by atoms with van der Waals surface area (Å²) in [5.74, 6) is 0.447. The van der Waals surface area contributed by atoms with Crippen LogP contribution < -0.4 is 0 Å². The first-order valence-electron chi connectivity index (χ1n) is 12.5. The number of amides is 1. The highest BCUT2D eigenvalue weighted by atomic mass is 35.5. The Balaban J connectivity index is 1.77. The molecule has 4 nitrogen and oxygen atoms in total. The van der Waals surface area contributed by atoms with Gasteiger partial charge in [0.05, 0.1) is 18.7 Å². The Morgan fingerprint density at radius 2 is 1.71 bits per heavy atom. The third-order valence-electron chi connectivity index (χ3n) is 7.87. The van der Waals surface area contributed by atoms with Gasteiger partial charge in [0, 0.05) is 10.0 Å². The molecule has 0 bridgehead atoms. The van der Waals surface area contributed by atoms with Crippen LogP contribution in [0, 0.1) is 5.92 Å². The number of carbonyl (C=O) groups excluding carboxylic acids is 1. The lowest BCUT2D eigenvalue weighted by Crippen LogP contribution is -2.57. The lowest BCUT2D eigenvalue weighted by Gasteiger charge is -2.48. The van der Waals surface area contributed by atoms with Gasteiger partial charge in [-0.1, -0.05) is 68.2 Å². The predicted molar refractivity (Wildman–Crippen MR) is 145 cm³/mol. The van der Waals surface area contributed by atoms with E-state index in [0.29, 0.717) is 22.6 Å². The van der Waals surface area contributed by atoms with Gasteiger partial charge < -0.3 is 14.1 Å². The quantitative estimate of drug-likeness (QED) is 0.340. The summed E-state index contributed by atoms with van der Waals surface area (Å²) in [6.07, 6.45) is 1.31. The van der Waals surface area contributed by atoms with Crippen molar-refractivity contribution < 1.29 is 14.0 Å². The zero-order chi connectivity index (χ0) is 25.5. The summed E-state index contributed by atoms with van der Waals surface area (Å²) in [5, 5.41) is 1.41. The summed E-state index contributed by atoms with van der Waals surface area (Å²) in [5.41, 5.74) is 1.96. The Bertz CT molecular complexity index is 1050. The lowest BCUT2D eigenvalue weighted by atomic mass is 9.90. The van der Waals surface area contributed by atoms with E-state index in [4.69, 9.17) is 32.4 Å². The van der Waals surface area contributed by atoms with E-state index in [2.05, 4.69) is 38.8 Å². The minimum atomic E-state index is -1.99. The Hall–Kier alpha value is -1.37. The van der Waals surface area contributed by atoms with Crippen LogP contribution in [0.3, 0.4) is 0 Å². The number of hydrogen-bond donors (Lipinski definition) is 0. The maximum atomic E-state index is 13.8. The lowest BCUT2D eigenvalue weighted by molar-refractivity contribution is -0.179. The molecule has 1 heterocycles. The topological polar surface area (TPSA) is 38.8 Å². The van der Waals surface area contributed by atoms with E-state index in [0.717, 1.165) is 24.0 Å². The van der Waals surface area contributed by atoms with Gasteiger partial charge in [-0.3, -0.25) is 4.79 Å². The number of rotatable bonds is 7. The number of morpholine rings is 1. The number of hydrogen-bond acceptors (Lipinski definition) is 3. The number of benzene rings is 2. The molecular formula is C28H37Cl2NO3Si. The monoisotopic (exact) mass is 533 g/mol. The van der Waals surface area contributed by atoms with Crippen LogP contribution in [0.5, 0.6) is 0 Å². The first-order chi connectivity index (χ1) is 16.4. The smallest absolute Gasteiger partial charge is 0.252 e. The highest BCUT2D eigenvalue weighted by molar-refractivity contribution is 6.74. The number of carbonyl (C=O) groups is 1. The fraction of sp³-hybridized carbons (Fsp3) is 0.536. The molecule has 2 aromatic rings. The van der Waals surface area contributed by atoms with Crippen molar-refractivity contribution in [1.29, 1.82) is 0 Å². The minimum Gasteiger partial charge on any atom is -0.415 e. The normalized spacial score (nSPS) is 24.5. The van der Waals surface area contributed by atoms with E-state index in [9.17, 15) is 4.79 Å². The maximum absolute atomic E-state index is 13.8. The number of ether oxygens (including phenoxy) is 1. The molecule has 35 heavy (non-hydrogen) atoms. The standard InChI is InChI=1S/C28H37Cl2NO3Si/c1-18-27(32)31(24(19-10-11-19)17-33-35(5,6)28(2,3)4)25(20-12-14-22(29)15-13-20)26(34-18)21-8-7-9-23(30)16-21/h7-9,12-16,18-19,24-26H,10-11,17H2,1-6H3/t18-,24?,25?,26+/m0/s1. The first kappa shape index (κ1) is 26.7. The second-order valence-electron chi connectivity index (χ2n) is 11.5. The van der Waals surface area contributed by atoms with Crippen LogP contribution in [0.1, 0.15) is 63.8 Å². The molecule has 1 saturated heterocycles. The third-order valence-corrected chi connectivity index (χ3v) is 12.9. The van der Waals surface area contributed by atoms with Crippen LogP contribution in [0.25, 0.3) is 0 Å². The van der Waals surface area contributed by atoms with E-state index >= 15 is 0 Å². The van der Waals surface area contributed by atoms with E-state index < -0.39 is 14.4 Å². The van der Waals surface area contributed by atoms with E-state index in [-0.39, 0.29) is 29.1 Å². The van der Waals surface area contributed by atoms with Crippen molar-refractivity contribution in [1.82, 2.24) is 4.90 Å². The Kier molecular flexibility index (Phi) is 7.76. The molecule has 0 aromatic heterocycles. The Labute approximate surface area is 221 Å². The molecule has 2 fully saturated rings. The summed E-state index contributed by atoms with van der Waals surface area (Å²) in [6.45, 7) is 13.7. The van der Waals surface area contributed by atoms with Crippen molar-refractivity contribution in [3.05, 3.63) is 69.7 Å². The highest BCUT2D eigenvalue weighted by Gasteiger charge is 2.50. The second-order valence-corrected chi connectivity index (χ2v) is 17.2. The summed E-state index contributed by atoms with van der Waals surface area (Å²) in [7, 11) is -1.99. The van der Waals surface area contributed by atoms with Crippen molar-refractivity contribution in [2.24, 2.45) is 5.92 Å². The van der Waals surface area contributed by atoms with Gasteiger partial charge in [0.25, 0.3) is 5.91 Å². The fourth-order valence-corrected chi connectivity index (χ4v) is 5.93. The molecule has 4 atom stereocenters. The summed E-state index contributed by atoms with van der Waals surface area (Å²) in [4.78, 5) is 15.9. The van der Waals surface area contributed by atoms with Gasteiger partial charge in [-0.15, -0.1) is 0 Å². The van der Waals surface area contributed by atoms with Gasteiger partial charge in [0.1, 0.15) is 12.2 Å². The minimum absolute atomic E-state index is 0.00895. The van der Waals surface area contributed by atoms with Crippen LogP contribution in [-0.2, 0) is 14.0 Å². The molecule has 1 saturated carbocycles. The maximum Gasteiger partial charge on any atom is 0.252 e.